The number of benzene rings is 1. The lowest BCUT2D eigenvalue weighted by atomic mass is 10.1. The number of piperazine rings is 1. The number of halogens is 3. The van der Waals surface area contributed by atoms with Crippen LogP contribution in [0.4, 0.5) is 0 Å². The van der Waals surface area contributed by atoms with Crippen LogP contribution in [-0.4, -0.2) is 36.5 Å². The van der Waals surface area contributed by atoms with E-state index in [1.165, 1.54) is 0 Å². The molecule has 3 nitrogen and oxygen atoms in total. The van der Waals surface area contributed by atoms with Crippen LogP contribution in [0.1, 0.15) is 17.3 Å². The second-order valence-electron chi connectivity index (χ2n) is 4.18. The van der Waals surface area contributed by atoms with Gasteiger partial charge in [-0.05, 0) is 25.1 Å². The minimum absolute atomic E-state index is 0. The third-order valence-corrected chi connectivity index (χ3v) is 3.67. The molecule has 2 rings (SSSR count). The van der Waals surface area contributed by atoms with Crippen molar-refractivity contribution in [3.05, 3.63) is 33.8 Å². The summed E-state index contributed by atoms with van der Waals surface area (Å²) in [4.78, 5) is 14.1. The fraction of sp³-hybridized carbons (Fsp3) is 0.417. The Morgan fingerprint density at radius 1 is 1.39 bits per heavy atom. The minimum Gasteiger partial charge on any atom is -0.333 e. The average molecular weight is 310 g/mol. The lowest BCUT2D eigenvalue weighted by Gasteiger charge is -2.34. The normalized spacial score (nSPS) is 19.3. The second-order valence-corrected chi connectivity index (χ2v) is 4.99. The molecular weight excluding hydrogens is 295 g/mol. The molecule has 6 heteroatoms. The highest BCUT2D eigenvalue weighted by Crippen LogP contribution is 2.23. The maximum absolute atomic E-state index is 12.3. The van der Waals surface area contributed by atoms with Gasteiger partial charge < -0.3 is 10.2 Å². The number of rotatable bonds is 1. The van der Waals surface area contributed by atoms with Crippen LogP contribution in [0.2, 0.25) is 10.0 Å². The van der Waals surface area contributed by atoms with E-state index in [1.807, 2.05) is 11.8 Å². The van der Waals surface area contributed by atoms with Gasteiger partial charge in [0.15, 0.2) is 0 Å². The molecule has 0 bridgehead atoms. The number of nitrogens with zero attached hydrogens (tertiary/aromatic N) is 1. The Balaban J connectivity index is 0.00000162. The Morgan fingerprint density at radius 3 is 2.72 bits per heavy atom. The molecule has 1 aromatic rings. The van der Waals surface area contributed by atoms with E-state index in [0.717, 1.165) is 19.6 Å². The number of hydrogen-bond donors (Lipinski definition) is 1. The molecule has 1 amide bonds. The van der Waals surface area contributed by atoms with Crippen LogP contribution in [0.3, 0.4) is 0 Å². The second kappa shape index (κ2) is 6.62. The van der Waals surface area contributed by atoms with Crippen molar-refractivity contribution in [1.29, 1.82) is 0 Å². The molecule has 1 aliphatic heterocycles. The molecule has 1 fully saturated rings. The maximum atomic E-state index is 12.3. The molecule has 1 aliphatic rings. The van der Waals surface area contributed by atoms with Gasteiger partial charge >= 0.3 is 0 Å². The highest BCUT2D eigenvalue weighted by molar-refractivity contribution is 6.42. The summed E-state index contributed by atoms with van der Waals surface area (Å²) < 4.78 is 0. The summed E-state index contributed by atoms with van der Waals surface area (Å²) in [5.41, 5.74) is 0.591. The van der Waals surface area contributed by atoms with Crippen LogP contribution in [0.25, 0.3) is 0 Å². The summed E-state index contributed by atoms with van der Waals surface area (Å²) in [6.45, 7) is 4.41. The van der Waals surface area contributed by atoms with Crippen LogP contribution in [0.5, 0.6) is 0 Å². The van der Waals surface area contributed by atoms with E-state index >= 15 is 0 Å². The fourth-order valence-electron chi connectivity index (χ4n) is 1.94. The lowest BCUT2D eigenvalue weighted by Crippen LogP contribution is -2.52. The van der Waals surface area contributed by atoms with Gasteiger partial charge in [0.25, 0.3) is 5.91 Å². The predicted molar refractivity (Wildman–Crippen MR) is 77.1 cm³/mol. The van der Waals surface area contributed by atoms with Gasteiger partial charge in [-0.25, -0.2) is 0 Å². The smallest absolute Gasteiger partial charge is 0.254 e. The molecule has 0 spiro atoms. The van der Waals surface area contributed by atoms with Gasteiger partial charge in [0.2, 0.25) is 0 Å². The molecule has 1 heterocycles. The van der Waals surface area contributed by atoms with E-state index < -0.39 is 0 Å². The quantitative estimate of drug-likeness (QED) is 0.865. The van der Waals surface area contributed by atoms with Crippen molar-refractivity contribution in [3.63, 3.8) is 0 Å². The molecule has 1 aromatic carbocycles. The first kappa shape index (κ1) is 15.6. The van der Waals surface area contributed by atoms with Crippen LogP contribution < -0.4 is 5.32 Å². The third kappa shape index (κ3) is 3.29. The zero-order valence-corrected chi connectivity index (χ0v) is 12.3. The van der Waals surface area contributed by atoms with Crippen molar-refractivity contribution in [3.8, 4) is 0 Å². The highest BCUT2D eigenvalue weighted by Gasteiger charge is 2.24. The minimum atomic E-state index is 0. The first-order chi connectivity index (χ1) is 8.09. The van der Waals surface area contributed by atoms with Gasteiger partial charge in [0, 0.05) is 31.2 Å². The number of amides is 1. The van der Waals surface area contributed by atoms with Gasteiger partial charge in [-0.15, -0.1) is 12.4 Å². The SMILES string of the molecule is C[C@@H]1CNCCN1C(=O)c1ccc(Cl)c(Cl)c1.Cl. The maximum Gasteiger partial charge on any atom is 0.254 e. The molecule has 0 aliphatic carbocycles. The Hall–Kier alpha value is -0.480. The van der Waals surface area contributed by atoms with E-state index in [1.54, 1.807) is 18.2 Å². The Bertz CT molecular complexity index is 439. The van der Waals surface area contributed by atoms with Gasteiger partial charge in [0.05, 0.1) is 10.0 Å². The first-order valence-electron chi connectivity index (χ1n) is 5.56. The van der Waals surface area contributed by atoms with E-state index in [4.69, 9.17) is 23.2 Å². The first-order valence-corrected chi connectivity index (χ1v) is 6.32. The number of hydrogen-bond acceptors (Lipinski definition) is 2. The van der Waals surface area contributed by atoms with Gasteiger partial charge in [-0.2, -0.15) is 0 Å². The van der Waals surface area contributed by atoms with Crippen molar-refractivity contribution in [2.45, 2.75) is 13.0 Å². The zero-order chi connectivity index (χ0) is 12.4. The standard InChI is InChI=1S/C12H14Cl2N2O.ClH/c1-8-7-15-4-5-16(8)12(17)9-2-3-10(13)11(14)6-9;/h2-3,6,8,15H,4-5,7H2,1H3;1H/t8-;/m1./s1. The van der Waals surface area contributed by atoms with Crippen molar-refractivity contribution in [2.24, 2.45) is 0 Å². The van der Waals surface area contributed by atoms with Crippen molar-refractivity contribution in [1.82, 2.24) is 10.2 Å². The summed E-state index contributed by atoms with van der Waals surface area (Å²) >= 11 is 11.8. The number of carbonyl (C=O) groups is 1. The lowest BCUT2D eigenvalue weighted by molar-refractivity contribution is 0.0656. The summed E-state index contributed by atoms with van der Waals surface area (Å²) in [7, 11) is 0. The fourth-order valence-corrected chi connectivity index (χ4v) is 2.24. The topological polar surface area (TPSA) is 32.3 Å². The largest absolute Gasteiger partial charge is 0.333 e. The summed E-state index contributed by atoms with van der Waals surface area (Å²) in [6, 6.07) is 5.20. The van der Waals surface area contributed by atoms with Crippen LogP contribution in [0, 0.1) is 0 Å². The van der Waals surface area contributed by atoms with Gasteiger partial charge in [0.1, 0.15) is 0 Å². The molecular formula is C12H15Cl3N2O. The Labute approximate surface area is 123 Å². The summed E-state index contributed by atoms with van der Waals surface area (Å²) in [5.74, 6) is 0.0116. The molecule has 0 radical (unpaired) electrons. The van der Waals surface area contributed by atoms with E-state index in [-0.39, 0.29) is 24.4 Å². The Kier molecular flexibility index (Phi) is 5.73. The molecule has 1 saturated heterocycles. The van der Waals surface area contributed by atoms with Crippen molar-refractivity contribution >= 4 is 41.5 Å². The van der Waals surface area contributed by atoms with E-state index in [0.29, 0.717) is 15.6 Å². The zero-order valence-electron chi connectivity index (χ0n) is 9.95. The number of carbonyl (C=O) groups excluding carboxylic acids is 1. The Morgan fingerprint density at radius 2 is 2.11 bits per heavy atom. The van der Waals surface area contributed by atoms with Gasteiger partial charge in [-0.1, -0.05) is 23.2 Å². The van der Waals surface area contributed by atoms with Gasteiger partial charge in [-0.3, -0.25) is 4.79 Å². The van der Waals surface area contributed by atoms with Crippen LogP contribution >= 0.6 is 35.6 Å². The van der Waals surface area contributed by atoms with Crippen LogP contribution in [0.15, 0.2) is 18.2 Å². The monoisotopic (exact) mass is 308 g/mol. The molecule has 0 unspecified atom stereocenters. The highest BCUT2D eigenvalue weighted by atomic mass is 35.5. The molecule has 18 heavy (non-hydrogen) atoms. The predicted octanol–water partition coefficient (Wildman–Crippen LogP) is 2.85. The molecule has 1 atom stereocenters. The molecule has 0 saturated carbocycles. The van der Waals surface area contributed by atoms with Crippen molar-refractivity contribution < 1.29 is 4.79 Å². The van der Waals surface area contributed by atoms with Crippen molar-refractivity contribution in [2.75, 3.05) is 19.6 Å². The molecule has 100 valence electrons. The summed E-state index contributed by atoms with van der Waals surface area (Å²) in [5, 5.41) is 4.14. The summed E-state index contributed by atoms with van der Waals surface area (Å²) in [6.07, 6.45) is 0. The number of nitrogens with one attached hydrogen (secondary N) is 1. The molecule has 1 N–H and O–H groups in total. The third-order valence-electron chi connectivity index (χ3n) is 2.93. The van der Waals surface area contributed by atoms with E-state index in [2.05, 4.69) is 5.32 Å². The van der Waals surface area contributed by atoms with E-state index in [9.17, 15) is 4.79 Å². The van der Waals surface area contributed by atoms with Crippen LogP contribution in [-0.2, 0) is 0 Å². The average Bonchev–Trinajstić information content (AvgIpc) is 2.32. The molecule has 0 aromatic heterocycles.